The molecule has 0 radical (unpaired) electrons. The summed E-state index contributed by atoms with van der Waals surface area (Å²) in [6.45, 7) is 4.03. The summed E-state index contributed by atoms with van der Waals surface area (Å²) in [6.07, 6.45) is 2.89. The number of nitrogens with two attached hydrogens (primary N) is 1. The highest BCUT2D eigenvalue weighted by Gasteiger charge is 2.17. The minimum Gasteiger partial charge on any atom is -0.380 e. The lowest BCUT2D eigenvalue weighted by Crippen LogP contribution is -2.41. The van der Waals surface area contributed by atoms with Crippen LogP contribution in [0.1, 0.15) is 12.8 Å². The van der Waals surface area contributed by atoms with Crippen molar-refractivity contribution in [1.29, 1.82) is 0 Å². The van der Waals surface area contributed by atoms with Gasteiger partial charge in [-0.1, -0.05) is 0 Å². The van der Waals surface area contributed by atoms with Crippen LogP contribution in [0.5, 0.6) is 0 Å². The maximum atomic E-state index is 5.46. The van der Waals surface area contributed by atoms with E-state index in [1.165, 1.54) is 19.4 Å². The molecule has 1 rings (SSSR count). The fourth-order valence-electron chi connectivity index (χ4n) is 1.59. The molecule has 0 bridgehead atoms. The Morgan fingerprint density at radius 1 is 1.46 bits per heavy atom. The molecule has 1 atom stereocenters. The van der Waals surface area contributed by atoms with Crippen molar-refractivity contribution < 1.29 is 4.74 Å². The highest BCUT2D eigenvalue weighted by molar-refractivity contribution is 5.85. The molecule has 1 aliphatic heterocycles. The molecule has 2 N–H and O–H groups in total. The van der Waals surface area contributed by atoms with Crippen LogP contribution in [-0.2, 0) is 4.74 Å². The van der Waals surface area contributed by atoms with E-state index in [0.29, 0.717) is 6.10 Å². The second-order valence-electron chi connectivity index (χ2n) is 3.09. The number of halogens is 2. The molecule has 82 valence electrons. The van der Waals surface area contributed by atoms with Gasteiger partial charge in [-0.2, -0.15) is 0 Å². The van der Waals surface area contributed by atoms with Gasteiger partial charge < -0.3 is 10.5 Å². The molecule has 5 heteroatoms. The van der Waals surface area contributed by atoms with Crippen molar-refractivity contribution in [1.82, 2.24) is 4.90 Å². The van der Waals surface area contributed by atoms with Gasteiger partial charge in [0.15, 0.2) is 0 Å². The molecule has 1 fully saturated rings. The molecular weight excluding hydrogens is 211 g/mol. The fourth-order valence-corrected chi connectivity index (χ4v) is 1.59. The van der Waals surface area contributed by atoms with Crippen molar-refractivity contribution in [2.45, 2.75) is 18.9 Å². The van der Waals surface area contributed by atoms with Crippen LogP contribution in [0, 0.1) is 0 Å². The van der Waals surface area contributed by atoms with Gasteiger partial charge in [0.25, 0.3) is 0 Å². The molecule has 13 heavy (non-hydrogen) atoms. The van der Waals surface area contributed by atoms with E-state index in [-0.39, 0.29) is 24.8 Å². The number of likely N-dealkylation sites (tertiary alicyclic amines) is 1. The Balaban J connectivity index is 0. The van der Waals surface area contributed by atoms with E-state index in [4.69, 9.17) is 10.5 Å². The molecule has 1 saturated heterocycles. The molecule has 0 aromatic rings. The van der Waals surface area contributed by atoms with Gasteiger partial charge in [-0.3, -0.25) is 4.90 Å². The van der Waals surface area contributed by atoms with Gasteiger partial charge in [0.05, 0.1) is 6.10 Å². The Labute approximate surface area is 92.8 Å². The van der Waals surface area contributed by atoms with Crippen LogP contribution >= 0.6 is 24.8 Å². The zero-order valence-corrected chi connectivity index (χ0v) is 9.70. The second-order valence-corrected chi connectivity index (χ2v) is 3.09. The Morgan fingerprint density at radius 2 is 2.15 bits per heavy atom. The van der Waals surface area contributed by atoms with E-state index in [1.54, 1.807) is 7.11 Å². The minimum absolute atomic E-state index is 0. The summed E-state index contributed by atoms with van der Waals surface area (Å²) in [5.74, 6) is 0. The monoisotopic (exact) mass is 230 g/mol. The van der Waals surface area contributed by atoms with Gasteiger partial charge >= 0.3 is 0 Å². The number of rotatable bonds is 3. The third kappa shape index (κ3) is 5.70. The van der Waals surface area contributed by atoms with E-state index in [0.717, 1.165) is 19.6 Å². The zero-order valence-electron chi connectivity index (χ0n) is 8.07. The Morgan fingerprint density at radius 3 is 2.69 bits per heavy atom. The van der Waals surface area contributed by atoms with Gasteiger partial charge in [0.1, 0.15) is 0 Å². The van der Waals surface area contributed by atoms with Crippen LogP contribution in [0.3, 0.4) is 0 Å². The van der Waals surface area contributed by atoms with Crippen LogP contribution in [0.4, 0.5) is 0 Å². The average molecular weight is 231 g/mol. The summed E-state index contributed by atoms with van der Waals surface area (Å²) < 4.78 is 5.29. The lowest BCUT2D eigenvalue weighted by molar-refractivity contribution is 0.0326. The lowest BCUT2D eigenvalue weighted by Gasteiger charge is -2.31. The molecule has 0 saturated carbocycles. The number of piperidine rings is 1. The topological polar surface area (TPSA) is 38.5 Å². The molecule has 0 amide bonds. The molecule has 1 unspecified atom stereocenters. The van der Waals surface area contributed by atoms with Gasteiger partial charge in [-0.15, -0.1) is 24.8 Å². The predicted octanol–water partition coefficient (Wildman–Crippen LogP) is 0.900. The summed E-state index contributed by atoms with van der Waals surface area (Å²) in [5.41, 5.74) is 5.46. The number of hydrogen-bond donors (Lipinski definition) is 1. The third-order valence-corrected chi connectivity index (χ3v) is 2.24. The predicted molar refractivity (Wildman–Crippen MR) is 60.0 cm³/mol. The second kappa shape index (κ2) is 9.03. The maximum Gasteiger partial charge on any atom is 0.0698 e. The first-order valence-electron chi connectivity index (χ1n) is 4.32. The zero-order chi connectivity index (χ0) is 8.10. The maximum absolute atomic E-state index is 5.46. The van der Waals surface area contributed by atoms with E-state index >= 15 is 0 Å². The first-order valence-corrected chi connectivity index (χ1v) is 4.32. The first kappa shape index (κ1) is 15.9. The van der Waals surface area contributed by atoms with Crippen molar-refractivity contribution in [3.63, 3.8) is 0 Å². The smallest absolute Gasteiger partial charge is 0.0698 e. The number of nitrogens with zero attached hydrogens (tertiary/aromatic N) is 1. The van der Waals surface area contributed by atoms with Crippen LogP contribution in [0.15, 0.2) is 0 Å². The van der Waals surface area contributed by atoms with Gasteiger partial charge in [0.2, 0.25) is 0 Å². The van der Waals surface area contributed by atoms with Gasteiger partial charge in [-0.25, -0.2) is 0 Å². The average Bonchev–Trinajstić information content (AvgIpc) is 2.06. The van der Waals surface area contributed by atoms with Crippen molar-refractivity contribution in [2.24, 2.45) is 5.73 Å². The molecule has 0 aliphatic carbocycles. The SMILES string of the molecule is COC1CCCN(CCN)C1.Cl.Cl. The van der Waals surface area contributed by atoms with Crippen molar-refractivity contribution >= 4 is 24.8 Å². The summed E-state index contributed by atoms with van der Waals surface area (Å²) >= 11 is 0. The molecular formula is C8H20Cl2N2O. The number of hydrogen-bond acceptors (Lipinski definition) is 3. The van der Waals surface area contributed by atoms with Gasteiger partial charge in [0, 0.05) is 26.7 Å². The normalized spacial score (nSPS) is 23.1. The summed E-state index contributed by atoms with van der Waals surface area (Å²) in [5, 5.41) is 0. The van der Waals surface area contributed by atoms with Crippen LogP contribution in [-0.4, -0.2) is 44.3 Å². The Bertz CT molecular complexity index is 114. The highest BCUT2D eigenvalue weighted by Crippen LogP contribution is 2.11. The molecule has 0 aromatic heterocycles. The molecule has 3 nitrogen and oxygen atoms in total. The molecule has 1 aliphatic rings. The standard InChI is InChI=1S/C8H18N2O.2ClH/c1-11-8-3-2-5-10(7-8)6-4-9;;/h8H,2-7,9H2,1H3;2*1H. The van der Waals surface area contributed by atoms with E-state index < -0.39 is 0 Å². The lowest BCUT2D eigenvalue weighted by atomic mass is 10.1. The van der Waals surface area contributed by atoms with E-state index in [1.807, 2.05) is 0 Å². The van der Waals surface area contributed by atoms with E-state index in [2.05, 4.69) is 4.90 Å². The highest BCUT2D eigenvalue weighted by atomic mass is 35.5. The van der Waals surface area contributed by atoms with Crippen molar-refractivity contribution in [3.8, 4) is 0 Å². The van der Waals surface area contributed by atoms with Crippen molar-refractivity contribution in [2.75, 3.05) is 33.3 Å². The van der Waals surface area contributed by atoms with Crippen molar-refractivity contribution in [3.05, 3.63) is 0 Å². The van der Waals surface area contributed by atoms with Gasteiger partial charge in [-0.05, 0) is 19.4 Å². The molecule has 0 spiro atoms. The minimum atomic E-state index is 0. The first-order chi connectivity index (χ1) is 5.36. The molecule has 1 heterocycles. The Hall–Kier alpha value is 0.460. The number of ether oxygens (including phenoxy) is 1. The van der Waals surface area contributed by atoms with E-state index in [9.17, 15) is 0 Å². The summed E-state index contributed by atoms with van der Waals surface area (Å²) in [4.78, 5) is 2.37. The fraction of sp³-hybridized carbons (Fsp3) is 1.00. The number of methoxy groups -OCH3 is 1. The third-order valence-electron chi connectivity index (χ3n) is 2.24. The summed E-state index contributed by atoms with van der Waals surface area (Å²) in [7, 11) is 1.79. The molecule has 0 aromatic carbocycles. The quantitative estimate of drug-likeness (QED) is 0.784. The Kier molecular flexibility index (Phi) is 11.1. The van der Waals surface area contributed by atoms with Crippen LogP contribution in [0.25, 0.3) is 0 Å². The van der Waals surface area contributed by atoms with Crippen LogP contribution < -0.4 is 5.73 Å². The largest absolute Gasteiger partial charge is 0.380 e. The van der Waals surface area contributed by atoms with Crippen LogP contribution in [0.2, 0.25) is 0 Å². The summed E-state index contributed by atoms with van der Waals surface area (Å²) in [6, 6.07) is 0.